The van der Waals surface area contributed by atoms with Gasteiger partial charge >= 0.3 is 0 Å². The number of hydrogen-bond acceptors (Lipinski definition) is 5. The number of fused-ring (bicyclic) bond motifs is 1. The fourth-order valence-corrected chi connectivity index (χ4v) is 3.43. The molecule has 2 aromatic heterocycles. The van der Waals surface area contributed by atoms with Gasteiger partial charge in [-0.3, -0.25) is 19.5 Å². The van der Waals surface area contributed by atoms with Crippen molar-refractivity contribution in [1.29, 1.82) is 0 Å². The molecule has 0 saturated carbocycles. The molecule has 0 fully saturated rings. The second-order valence-electron chi connectivity index (χ2n) is 5.55. The van der Waals surface area contributed by atoms with Gasteiger partial charge in [0.05, 0.1) is 11.3 Å². The minimum Gasteiger partial charge on any atom is -0.319 e. The SMILES string of the molecule is O=C1C[C@H](C(=O)Nc2c(F)cccc2F)n2c(nnc2-c2cccs2)N1. The summed E-state index contributed by atoms with van der Waals surface area (Å²) in [6.45, 7) is 0. The average molecular weight is 375 g/mol. The summed E-state index contributed by atoms with van der Waals surface area (Å²) < 4.78 is 29.1. The third-order valence-corrected chi connectivity index (χ3v) is 4.76. The molecule has 1 aromatic carbocycles. The molecule has 0 unspecified atom stereocenters. The monoisotopic (exact) mass is 375 g/mol. The Kier molecular flexibility index (Phi) is 3.96. The molecule has 132 valence electrons. The second-order valence-corrected chi connectivity index (χ2v) is 6.50. The predicted octanol–water partition coefficient (Wildman–Crippen LogP) is 2.81. The Bertz CT molecular complexity index is 982. The molecule has 1 aliphatic heterocycles. The lowest BCUT2D eigenvalue weighted by atomic mass is 10.1. The number of benzene rings is 1. The van der Waals surface area contributed by atoms with Gasteiger partial charge in [0, 0.05) is 0 Å². The van der Waals surface area contributed by atoms with E-state index in [0.717, 1.165) is 17.0 Å². The summed E-state index contributed by atoms with van der Waals surface area (Å²) in [5.74, 6) is -2.47. The van der Waals surface area contributed by atoms with Crippen LogP contribution in [0.5, 0.6) is 0 Å². The zero-order valence-electron chi connectivity index (χ0n) is 13.1. The maximum absolute atomic E-state index is 13.8. The zero-order chi connectivity index (χ0) is 18.3. The first kappa shape index (κ1) is 16.3. The Labute approximate surface area is 149 Å². The molecular formula is C16H11F2N5O2S. The Balaban J connectivity index is 1.73. The van der Waals surface area contributed by atoms with Crippen molar-refractivity contribution in [1.82, 2.24) is 14.8 Å². The number of halogens is 2. The molecule has 2 N–H and O–H groups in total. The van der Waals surface area contributed by atoms with E-state index >= 15 is 0 Å². The third-order valence-electron chi connectivity index (χ3n) is 3.89. The number of anilines is 2. The molecule has 0 radical (unpaired) electrons. The molecule has 4 rings (SSSR count). The number of rotatable bonds is 3. The number of para-hydroxylation sites is 1. The molecule has 10 heteroatoms. The van der Waals surface area contributed by atoms with E-state index in [2.05, 4.69) is 20.8 Å². The van der Waals surface area contributed by atoms with Crippen LogP contribution in [0.3, 0.4) is 0 Å². The summed E-state index contributed by atoms with van der Waals surface area (Å²) >= 11 is 1.39. The number of nitrogens with one attached hydrogen (secondary N) is 2. The Morgan fingerprint density at radius 2 is 2.00 bits per heavy atom. The van der Waals surface area contributed by atoms with Crippen molar-refractivity contribution in [3.63, 3.8) is 0 Å². The van der Waals surface area contributed by atoms with E-state index in [-0.39, 0.29) is 12.4 Å². The maximum atomic E-state index is 13.8. The van der Waals surface area contributed by atoms with E-state index in [1.165, 1.54) is 22.0 Å². The van der Waals surface area contributed by atoms with E-state index in [1.54, 1.807) is 6.07 Å². The molecule has 26 heavy (non-hydrogen) atoms. The third kappa shape index (κ3) is 2.73. The van der Waals surface area contributed by atoms with Crippen molar-refractivity contribution >= 4 is 34.8 Å². The summed E-state index contributed by atoms with van der Waals surface area (Å²) in [6.07, 6.45) is -0.203. The van der Waals surface area contributed by atoms with Gasteiger partial charge in [-0.2, -0.15) is 0 Å². The van der Waals surface area contributed by atoms with Crippen molar-refractivity contribution in [3.05, 3.63) is 47.3 Å². The standard InChI is InChI=1S/C16H11F2N5O2S/c17-8-3-1-4-9(18)13(8)20-15(25)10-7-12(24)19-16-22-21-14(23(10)16)11-5-2-6-26-11/h1-6,10H,7H2,(H,20,25)(H,19,22,24)/t10-/m1/s1. The lowest BCUT2D eigenvalue weighted by molar-refractivity contribution is -0.125. The van der Waals surface area contributed by atoms with Crippen molar-refractivity contribution in [2.45, 2.75) is 12.5 Å². The number of aromatic nitrogens is 3. The molecule has 0 bridgehead atoms. The van der Waals surface area contributed by atoms with E-state index in [4.69, 9.17) is 0 Å². The molecule has 1 aliphatic rings. The minimum atomic E-state index is -1.04. The van der Waals surface area contributed by atoms with E-state index in [9.17, 15) is 18.4 Å². The lowest BCUT2D eigenvalue weighted by Crippen LogP contribution is -2.36. The lowest BCUT2D eigenvalue weighted by Gasteiger charge is -2.25. The number of thiophene rings is 1. The number of hydrogen-bond donors (Lipinski definition) is 2. The molecular weight excluding hydrogens is 364 g/mol. The van der Waals surface area contributed by atoms with Crippen LogP contribution in [0.4, 0.5) is 20.4 Å². The molecule has 3 heterocycles. The van der Waals surface area contributed by atoms with Crippen molar-refractivity contribution in [2.75, 3.05) is 10.6 Å². The number of carbonyl (C=O) groups excluding carboxylic acids is 2. The van der Waals surface area contributed by atoms with E-state index in [0.29, 0.717) is 5.82 Å². The highest BCUT2D eigenvalue weighted by Crippen LogP contribution is 2.33. The fourth-order valence-electron chi connectivity index (χ4n) is 2.72. The van der Waals surface area contributed by atoms with Gasteiger partial charge in [-0.1, -0.05) is 12.1 Å². The van der Waals surface area contributed by atoms with Gasteiger partial charge in [0.1, 0.15) is 23.4 Å². The fraction of sp³-hybridized carbons (Fsp3) is 0.125. The first-order valence-corrected chi connectivity index (χ1v) is 8.46. The summed E-state index contributed by atoms with van der Waals surface area (Å²) in [5, 5.41) is 14.5. The number of nitrogens with zero attached hydrogens (tertiary/aromatic N) is 3. The Morgan fingerprint density at radius 1 is 1.23 bits per heavy atom. The van der Waals surface area contributed by atoms with Crippen LogP contribution in [0.15, 0.2) is 35.7 Å². The van der Waals surface area contributed by atoms with E-state index in [1.807, 2.05) is 11.4 Å². The number of carbonyl (C=O) groups is 2. The Morgan fingerprint density at radius 3 is 2.69 bits per heavy atom. The van der Waals surface area contributed by atoms with Crippen LogP contribution in [0.1, 0.15) is 12.5 Å². The zero-order valence-corrected chi connectivity index (χ0v) is 13.9. The van der Waals surface area contributed by atoms with Gasteiger partial charge < -0.3 is 5.32 Å². The first-order valence-electron chi connectivity index (χ1n) is 7.58. The van der Waals surface area contributed by atoms with Gasteiger partial charge in [0.2, 0.25) is 17.8 Å². The van der Waals surface area contributed by atoms with Gasteiger partial charge in [0.15, 0.2) is 5.82 Å². The molecule has 0 aliphatic carbocycles. The van der Waals surface area contributed by atoms with Crippen molar-refractivity contribution in [2.24, 2.45) is 0 Å². The van der Waals surface area contributed by atoms with Crippen molar-refractivity contribution in [3.8, 4) is 10.7 Å². The molecule has 1 atom stereocenters. The van der Waals surface area contributed by atoms with Crippen LogP contribution in [0.25, 0.3) is 10.7 Å². The normalized spacial score (nSPS) is 16.1. The molecule has 2 amide bonds. The quantitative estimate of drug-likeness (QED) is 0.737. The smallest absolute Gasteiger partial charge is 0.248 e. The van der Waals surface area contributed by atoms with Crippen LogP contribution < -0.4 is 10.6 Å². The van der Waals surface area contributed by atoms with E-state index < -0.39 is 35.2 Å². The van der Waals surface area contributed by atoms with Crippen molar-refractivity contribution < 1.29 is 18.4 Å². The van der Waals surface area contributed by atoms with Crippen LogP contribution in [-0.4, -0.2) is 26.6 Å². The van der Waals surface area contributed by atoms with Crippen LogP contribution in [0.2, 0.25) is 0 Å². The van der Waals surface area contributed by atoms with Gasteiger partial charge in [-0.15, -0.1) is 21.5 Å². The van der Waals surface area contributed by atoms with Gasteiger partial charge in [-0.25, -0.2) is 8.78 Å². The summed E-state index contributed by atoms with van der Waals surface area (Å²) in [6, 6.07) is 5.84. The highest BCUT2D eigenvalue weighted by molar-refractivity contribution is 7.13. The van der Waals surface area contributed by atoms with Crippen LogP contribution in [-0.2, 0) is 9.59 Å². The van der Waals surface area contributed by atoms with Crippen LogP contribution in [0, 0.1) is 11.6 Å². The average Bonchev–Trinajstić information content (AvgIpc) is 3.26. The predicted molar refractivity (Wildman–Crippen MR) is 90.6 cm³/mol. The minimum absolute atomic E-state index is 0.110. The summed E-state index contributed by atoms with van der Waals surface area (Å²) in [5.41, 5.74) is -0.559. The molecule has 0 spiro atoms. The molecule has 3 aromatic rings. The maximum Gasteiger partial charge on any atom is 0.248 e. The molecule has 0 saturated heterocycles. The topological polar surface area (TPSA) is 88.9 Å². The summed E-state index contributed by atoms with van der Waals surface area (Å²) in [4.78, 5) is 25.4. The first-order chi connectivity index (χ1) is 12.5. The van der Waals surface area contributed by atoms with Crippen LogP contribution >= 0.6 is 11.3 Å². The second kappa shape index (κ2) is 6.30. The number of amides is 2. The van der Waals surface area contributed by atoms with Gasteiger partial charge in [0.25, 0.3) is 0 Å². The Hall–Kier alpha value is -3.14. The van der Waals surface area contributed by atoms with Gasteiger partial charge in [-0.05, 0) is 23.6 Å². The highest BCUT2D eigenvalue weighted by Gasteiger charge is 2.35. The molecule has 7 nitrogen and oxygen atoms in total. The highest BCUT2D eigenvalue weighted by atomic mass is 32.1. The largest absolute Gasteiger partial charge is 0.319 e. The summed E-state index contributed by atoms with van der Waals surface area (Å²) in [7, 11) is 0.